The number of phosphoric ester groups is 2. The summed E-state index contributed by atoms with van der Waals surface area (Å²) >= 11 is 0. The number of carbonyl (C=O) groups is 3. The molecule has 4 N–H and O–H groups in total. The van der Waals surface area contributed by atoms with Gasteiger partial charge < -0.3 is 34.2 Å². The lowest BCUT2D eigenvalue weighted by atomic mass is 10.0. The summed E-state index contributed by atoms with van der Waals surface area (Å²) in [6.07, 6.45) is 84.6. The van der Waals surface area contributed by atoms with E-state index in [1.807, 2.05) is 0 Å². The van der Waals surface area contributed by atoms with Crippen LogP contribution in [0, 0.1) is 0 Å². The highest BCUT2D eigenvalue weighted by atomic mass is 31.2. The minimum absolute atomic E-state index is 0.103. The van der Waals surface area contributed by atoms with Gasteiger partial charge in [0.15, 0.2) is 6.10 Å². The summed E-state index contributed by atoms with van der Waals surface area (Å²) in [6.45, 7) is 2.55. The lowest BCUT2D eigenvalue weighted by Gasteiger charge is -2.21. The fourth-order valence-electron chi connectivity index (χ4n) is 10.8. The second kappa shape index (κ2) is 74.2. The van der Waals surface area contributed by atoms with Crippen LogP contribution in [-0.4, -0.2) is 95.9 Å². The zero-order valence-electron chi connectivity index (χ0n) is 62.6. The fourth-order valence-corrected chi connectivity index (χ4v) is 12.4. The van der Waals surface area contributed by atoms with Crippen LogP contribution in [-0.2, 0) is 55.8 Å². The van der Waals surface area contributed by atoms with Gasteiger partial charge in [-0.3, -0.25) is 32.5 Å². The number of hydrogen-bond acceptors (Lipinski definition) is 14. The van der Waals surface area contributed by atoms with Crippen molar-refractivity contribution in [3.63, 3.8) is 0 Å². The van der Waals surface area contributed by atoms with E-state index in [2.05, 4.69) is 118 Å². The number of allylic oxidation sites excluding steroid dienone is 16. The molecule has 0 amide bonds. The number of ether oxygens (including phenoxy) is 3. The molecule has 574 valence electrons. The van der Waals surface area contributed by atoms with E-state index in [1.54, 1.807) is 0 Å². The molecule has 18 heteroatoms. The Bertz CT molecular complexity index is 2190. The van der Waals surface area contributed by atoms with E-state index >= 15 is 0 Å². The van der Waals surface area contributed by atoms with Crippen molar-refractivity contribution in [3.8, 4) is 0 Å². The second-order valence-electron chi connectivity index (χ2n) is 26.5. The maximum atomic E-state index is 12.9. The van der Waals surface area contributed by atoms with Crippen molar-refractivity contribution < 1.29 is 75.8 Å². The zero-order chi connectivity index (χ0) is 72.3. The molecule has 0 radical (unpaired) electrons. The van der Waals surface area contributed by atoms with Gasteiger partial charge in [0.2, 0.25) is 0 Å². The Hall–Kier alpha value is -3.53. The summed E-state index contributed by atoms with van der Waals surface area (Å²) in [5, 5.41) is 20.6. The maximum Gasteiger partial charge on any atom is 0.472 e. The van der Waals surface area contributed by atoms with Crippen LogP contribution in [0.2, 0.25) is 0 Å². The molecule has 0 aliphatic rings. The highest BCUT2D eigenvalue weighted by molar-refractivity contribution is 7.47. The molecule has 0 rings (SSSR count). The lowest BCUT2D eigenvalue weighted by Crippen LogP contribution is -2.30. The molecule has 0 saturated heterocycles. The van der Waals surface area contributed by atoms with Crippen LogP contribution >= 0.6 is 15.6 Å². The van der Waals surface area contributed by atoms with Crippen LogP contribution in [0.4, 0.5) is 0 Å². The van der Waals surface area contributed by atoms with E-state index in [0.717, 1.165) is 116 Å². The molecule has 0 aromatic carbocycles. The fraction of sp³-hybridized carbons (Fsp3) is 0.765. The van der Waals surface area contributed by atoms with E-state index in [0.29, 0.717) is 19.3 Å². The Kier molecular flexibility index (Phi) is 71.6. The van der Waals surface area contributed by atoms with E-state index in [-0.39, 0.29) is 19.3 Å². The van der Waals surface area contributed by atoms with Crippen LogP contribution in [0.5, 0.6) is 0 Å². The van der Waals surface area contributed by atoms with Gasteiger partial charge >= 0.3 is 33.6 Å². The molecule has 99 heavy (non-hydrogen) atoms. The van der Waals surface area contributed by atoms with E-state index in [1.165, 1.54) is 167 Å². The van der Waals surface area contributed by atoms with Gasteiger partial charge in [0.05, 0.1) is 26.4 Å². The summed E-state index contributed by atoms with van der Waals surface area (Å²) < 4.78 is 61.1. The molecular weight excluding hydrogens is 1290 g/mol. The number of hydrogen-bond donors (Lipinski definition) is 4. The van der Waals surface area contributed by atoms with Crippen LogP contribution < -0.4 is 0 Å². The van der Waals surface area contributed by atoms with Crippen molar-refractivity contribution in [2.75, 3.05) is 39.6 Å². The average molecular weight is 1440 g/mol. The number of esters is 3. The number of aliphatic hydroxyl groups is 2. The minimum Gasteiger partial charge on any atom is -0.463 e. The van der Waals surface area contributed by atoms with Gasteiger partial charge in [-0.2, -0.15) is 0 Å². The molecule has 5 atom stereocenters. The quantitative estimate of drug-likeness (QED) is 0.0146. The monoisotopic (exact) mass is 1430 g/mol. The highest BCUT2D eigenvalue weighted by Gasteiger charge is 2.29. The van der Waals surface area contributed by atoms with Crippen LogP contribution in [0.1, 0.15) is 342 Å². The molecule has 0 aromatic rings. The normalized spacial score (nSPS) is 14.5. The predicted octanol–water partition coefficient (Wildman–Crippen LogP) is 23.0. The standard InChI is InChI=1S/C81H144O16P2/c1-4-7-10-13-16-19-22-25-28-30-31-32-33-34-35-36-37-38-39-40-41-42-43-45-48-49-52-55-58-61-64-67-79(84)91-70-76(82)71-93-98(87,88)94-72-77(83)73-95-99(89,90)96-75-78(97-81(86)69-66-63-60-57-54-51-46-27-24-21-18-15-12-9-6-3)74-92-80(85)68-65-62-59-56-53-50-47-44-29-26-23-20-17-14-11-8-5-2/h8,11,16-17,19-20,25-26,28-29,31-32,34-35,47,50,76-78,82-83H,4-7,9-10,12-15,18,21-24,27,30,33,36-46,48-49,51-75H2,1-3H3,(H,87,88)(H,89,90)/b11-8-,19-16-,20-17-,28-25-,29-26-,32-31-,35-34-,50-47-. The van der Waals surface area contributed by atoms with Crippen molar-refractivity contribution in [3.05, 3.63) is 97.2 Å². The Morgan fingerprint density at radius 1 is 0.293 bits per heavy atom. The first-order valence-corrected chi connectivity index (χ1v) is 42.5. The van der Waals surface area contributed by atoms with Gasteiger partial charge in [0, 0.05) is 19.3 Å². The maximum absolute atomic E-state index is 12.9. The topological polar surface area (TPSA) is 231 Å². The molecule has 0 aromatic heterocycles. The van der Waals surface area contributed by atoms with Crippen molar-refractivity contribution in [2.45, 2.75) is 360 Å². The zero-order valence-corrected chi connectivity index (χ0v) is 64.4. The Labute approximate surface area is 603 Å². The summed E-state index contributed by atoms with van der Waals surface area (Å²) in [5.41, 5.74) is 0. The first-order valence-electron chi connectivity index (χ1n) is 39.5. The van der Waals surface area contributed by atoms with E-state index in [9.17, 15) is 43.5 Å². The van der Waals surface area contributed by atoms with E-state index in [4.69, 9.17) is 32.3 Å². The molecule has 16 nitrogen and oxygen atoms in total. The third-order valence-corrected chi connectivity index (χ3v) is 18.7. The van der Waals surface area contributed by atoms with Crippen molar-refractivity contribution in [1.82, 2.24) is 0 Å². The van der Waals surface area contributed by atoms with Crippen molar-refractivity contribution in [1.29, 1.82) is 0 Å². The molecule has 0 spiro atoms. The summed E-state index contributed by atoms with van der Waals surface area (Å²) in [4.78, 5) is 58.6. The first-order chi connectivity index (χ1) is 48.2. The summed E-state index contributed by atoms with van der Waals surface area (Å²) in [7, 11) is -9.78. The van der Waals surface area contributed by atoms with Crippen LogP contribution in [0.3, 0.4) is 0 Å². The average Bonchev–Trinajstić information content (AvgIpc) is 1.11. The molecule has 5 unspecified atom stereocenters. The van der Waals surface area contributed by atoms with Gasteiger partial charge in [0.25, 0.3) is 0 Å². The minimum atomic E-state index is -4.93. The Morgan fingerprint density at radius 3 is 0.869 bits per heavy atom. The SMILES string of the molecule is CC/C=C\C/C=C\C/C=C\C/C=C\CCCCCCC(=O)OCC(COP(=O)(O)OCC(O)COP(=O)(O)OCC(O)COC(=O)CCCCCCCCCCCCCCCCC/C=C\C/C=C\C/C=C\C/C=C\CCCCC)OC(=O)CCCCCCCCCCCCCCCCC. The van der Waals surface area contributed by atoms with Gasteiger partial charge in [-0.05, 0) is 103 Å². The molecule has 0 saturated carbocycles. The predicted molar refractivity (Wildman–Crippen MR) is 408 cm³/mol. The van der Waals surface area contributed by atoms with Crippen LogP contribution in [0.25, 0.3) is 0 Å². The molecule has 0 aliphatic carbocycles. The van der Waals surface area contributed by atoms with Crippen LogP contribution in [0.15, 0.2) is 97.2 Å². The molecular formula is C81H144O16P2. The van der Waals surface area contributed by atoms with E-state index < -0.39 is 91.5 Å². The molecule has 0 aliphatic heterocycles. The van der Waals surface area contributed by atoms with Gasteiger partial charge in [0.1, 0.15) is 25.4 Å². The number of rotatable bonds is 75. The Morgan fingerprint density at radius 2 is 0.535 bits per heavy atom. The molecule has 0 fully saturated rings. The third-order valence-electron chi connectivity index (χ3n) is 16.8. The summed E-state index contributed by atoms with van der Waals surface area (Å²) in [5.74, 6) is -1.59. The number of unbranched alkanes of at least 4 members (excludes halogenated alkanes) is 36. The smallest absolute Gasteiger partial charge is 0.463 e. The highest BCUT2D eigenvalue weighted by Crippen LogP contribution is 2.45. The Balaban J connectivity index is 4.45. The molecule has 0 heterocycles. The van der Waals surface area contributed by atoms with Crippen molar-refractivity contribution >= 4 is 33.6 Å². The van der Waals surface area contributed by atoms with Crippen molar-refractivity contribution in [2.24, 2.45) is 0 Å². The number of aliphatic hydroxyl groups excluding tert-OH is 2. The van der Waals surface area contributed by atoms with Gasteiger partial charge in [-0.25, -0.2) is 9.13 Å². The first kappa shape index (κ1) is 95.5. The molecule has 0 bridgehead atoms. The largest absolute Gasteiger partial charge is 0.472 e. The van der Waals surface area contributed by atoms with Gasteiger partial charge in [-0.1, -0.05) is 317 Å². The second-order valence-corrected chi connectivity index (χ2v) is 29.4. The number of phosphoric acid groups is 2. The summed E-state index contributed by atoms with van der Waals surface area (Å²) in [6, 6.07) is 0. The third kappa shape index (κ3) is 75.5. The lowest BCUT2D eigenvalue weighted by molar-refractivity contribution is -0.161. The number of carbonyl (C=O) groups excluding carboxylic acids is 3. The van der Waals surface area contributed by atoms with Gasteiger partial charge in [-0.15, -0.1) is 0 Å².